The smallest absolute Gasteiger partial charge is 0.277 e. The summed E-state index contributed by atoms with van der Waals surface area (Å²) < 4.78 is 7.57. The van der Waals surface area contributed by atoms with Crippen LogP contribution in [0.3, 0.4) is 0 Å². The van der Waals surface area contributed by atoms with Crippen LogP contribution in [0, 0.1) is 0 Å². The number of thioether (sulfide) groups is 1. The molecule has 0 spiro atoms. The molecule has 2 heterocycles. The van der Waals surface area contributed by atoms with Gasteiger partial charge in [-0.1, -0.05) is 23.4 Å². The minimum atomic E-state index is 0.490. The molecule has 0 amide bonds. The topological polar surface area (TPSA) is 56.7 Å². The average molecular weight is 307 g/mol. The van der Waals surface area contributed by atoms with Crippen LogP contribution in [0.5, 0.6) is 0 Å². The summed E-state index contributed by atoms with van der Waals surface area (Å²) >= 11 is 7.31. The van der Waals surface area contributed by atoms with Gasteiger partial charge in [0.15, 0.2) is 0 Å². The van der Waals surface area contributed by atoms with Crippen molar-refractivity contribution < 1.29 is 4.42 Å². The Morgan fingerprint density at radius 3 is 2.75 bits per heavy atom. The molecular weight excluding hydrogens is 296 g/mol. The Hall–Kier alpha value is -1.79. The van der Waals surface area contributed by atoms with Gasteiger partial charge in [-0.25, -0.2) is 4.98 Å². The Kier molecular flexibility index (Phi) is 3.75. The van der Waals surface area contributed by atoms with Gasteiger partial charge in [-0.15, -0.1) is 10.2 Å². The molecule has 0 aliphatic rings. The highest BCUT2D eigenvalue weighted by molar-refractivity contribution is 7.98. The van der Waals surface area contributed by atoms with Gasteiger partial charge in [-0.3, -0.25) is 0 Å². The van der Waals surface area contributed by atoms with Gasteiger partial charge in [-0.2, -0.15) is 0 Å². The Morgan fingerprint density at radius 1 is 1.25 bits per heavy atom. The number of hydrogen-bond acceptors (Lipinski definition) is 5. The normalized spacial score (nSPS) is 10.9. The predicted octanol–water partition coefficient (Wildman–Crippen LogP) is 3.42. The van der Waals surface area contributed by atoms with Gasteiger partial charge in [0, 0.05) is 30.0 Å². The Morgan fingerprint density at radius 2 is 2.05 bits per heavy atom. The monoisotopic (exact) mass is 306 g/mol. The van der Waals surface area contributed by atoms with E-state index in [-0.39, 0.29) is 0 Å². The van der Waals surface area contributed by atoms with Gasteiger partial charge in [0.05, 0.1) is 5.75 Å². The van der Waals surface area contributed by atoms with Crippen LogP contribution in [0.4, 0.5) is 0 Å². The van der Waals surface area contributed by atoms with Gasteiger partial charge < -0.3 is 8.98 Å². The number of hydrogen-bond donors (Lipinski definition) is 0. The van der Waals surface area contributed by atoms with Crippen LogP contribution < -0.4 is 0 Å². The summed E-state index contributed by atoms with van der Waals surface area (Å²) in [6, 6.07) is 7.29. The quantitative estimate of drug-likeness (QED) is 0.691. The molecule has 2 aromatic heterocycles. The summed E-state index contributed by atoms with van der Waals surface area (Å²) in [5, 5.41) is 9.26. The van der Waals surface area contributed by atoms with Crippen molar-refractivity contribution in [3.05, 3.63) is 47.5 Å². The minimum Gasteiger partial charge on any atom is -0.411 e. The van der Waals surface area contributed by atoms with E-state index in [0.29, 0.717) is 21.9 Å². The van der Waals surface area contributed by atoms with Gasteiger partial charge in [-0.05, 0) is 24.3 Å². The average Bonchev–Trinajstić information content (AvgIpc) is 3.06. The molecule has 0 saturated heterocycles. The summed E-state index contributed by atoms with van der Waals surface area (Å²) in [5.41, 5.74) is 0.853. The van der Waals surface area contributed by atoms with E-state index in [1.54, 1.807) is 18.3 Å². The minimum absolute atomic E-state index is 0.490. The highest BCUT2D eigenvalue weighted by atomic mass is 35.5. The van der Waals surface area contributed by atoms with Crippen LogP contribution in [-0.4, -0.2) is 19.7 Å². The molecule has 0 bridgehead atoms. The molecule has 0 aliphatic heterocycles. The molecule has 5 nitrogen and oxygen atoms in total. The lowest BCUT2D eigenvalue weighted by Gasteiger charge is -1.98. The third kappa shape index (κ3) is 2.86. The van der Waals surface area contributed by atoms with Crippen molar-refractivity contribution >= 4 is 23.4 Å². The maximum Gasteiger partial charge on any atom is 0.277 e. The van der Waals surface area contributed by atoms with Crippen LogP contribution in [-0.2, 0) is 12.8 Å². The fourth-order valence-corrected chi connectivity index (χ4v) is 2.53. The van der Waals surface area contributed by atoms with E-state index in [9.17, 15) is 0 Å². The highest BCUT2D eigenvalue weighted by Gasteiger charge is 2.10. The first-order valence-corrected chi connectivity index (χ1v) is 7.27. The van der Waals surface area contributed by atoms with Crippen molar-refractivity contribution in [1.82, 2.24) is 19.7 Å². The summed E-state index contributed by atoms with van der Waals surface area (Å²) in [5.74, 6) is 2.14. The number of benzene rings is 1. The number of aryl methyl sites for hydroxylation is 1. The van der Waals surface area contributed by atoms with E-state index in [4.69, 9.17) is 16.0 Å². The molecule has 3 aromatic rings. The Labute approximate surface area is 125 Å². The zero-order valence-corrected chi connectivity index (χ0v) is 12.2. The second-order valence-corrected chi connectivity index (χ2v) is 5.49. The second-order valence-electron chi connectivity index (χ2n) is 4.12. The molecule has 0 N–H and O–H groups in total. The standard InChI is InChI=1S/C13H11ClN4OS/c1-18-7-6-15-11(18)8-20-13-17-16-12(19-13)9-2-4-10(14)5-3-9/h2-7H,8H2,1H3. The van der Waals surface area contributed by atoms with E-state index in [1.165, 1.54) is 11.8 Å². The first-order chi connectivity index (χ1) is 9.72. The molecule has 0 fully saturated rings. The maximum atomic E-state index is 5.85. The Balaban J connectivity index is 1.71. The summed E-state index contributed by atoms with van der Waals surface area (Å²) in [7, 11) is 1.95. The summed E-state index contributed by atoms with van der Waals surface area (Å²) in [4.78, 5) is 4.24. The van der Waals surface area contributed by atoms with Gasteiger partial charge in [0.2, 0.25) is 5.89 Å². The number of nitrogens with zero attached hydrogens (tertiary/aromatic N) is 4. The van der Waals surface area contributed by atoms with Crippen molar-refractivity contribution in [2.75, 3.05) is 0 Å². The fraction of sp³-hybridized carbons (Fsp3) is 0.154. The first-order valence-electron chi connectivity index (χ1n) is 5.91. The molecule has 0 unspecified atom stereocenters. The SMILES string of the molecule is Cn1ccnc1CSc1nnc(-c2ccc(Cl)cc2)o1. The van der Waals surface area contributed by atoms with Gasteiger partial charge >= 0.3 is 0 Å². The zero-order valence-electron chi connectivity index (χ0n) is 10.7. The van der Waals surface area contributed by atoms with E-state index in [1.807, 2.05) is 29.9 Å². The molecule has 1 aromatic carbocycles. The summed E-state index contributed by atoms with van der Waals surface area (Å²) in [6.45, 7) is 0. The Bertz CT molecular complexity index is 707. The number of halogens is 1. The van der Waals surface area contributed by atoms with Crippen molar-refractivity contribution in [3.8, 4) is 11.5 Å². The molecule has 0 saturated carbocycles. The van der Waals surface area contributed by atoms with Crippen molar-refractivity contribution in [2.45, 2.75) is 11.0 Å². The molecular formula is C13H11ClN4OS. The first kappa shape index (κ1) is 13.2. The number of aromatic nitrogens is 4. The largest absolute Gasteiger partial charge is 0.411 e. The molecule has 0 aliphatic carbocycles. The predicted molar refractivity (Wildman–Crippen MR) is 77.5 cm³/mol. The number of imidazole rings is 1. The molecule has 7 heteroatoms. The van der Waals surface area contributed by atoms with E-state index in [0.717, 1.165) is 11.4 Å². The molecule has 20 heavy (non-hydrogen) atoms. The third-order valence-electron chi connectivity index (χ3n) is 2.74. The maximum absolute atomic E-state index is 5.85. The molecule has 0 atom stereocenters. The highest BCUT2D eigenvalue weighted by Crippen LogP contribution is 2.25. The van der Waals surface area contributed by atoms with Crippen LogP contribution in [0.1, 0.15) is 5.82 Å². The lowest BCUT2D eigenvalue weighted by molar-refractivity contribution is 0.465. The van der Waals surface area contributed by atoms with E-state index in [2.05, 4.69) is 15.2 Å². The molecule has 3 rings (SSSR count). The lowest BCUT2D eigenvalue weighted by atomic mass is 10.2. The van der Waals surface area contributed by atoms with Gasteiger partial charge in [0.1, 0.15) is 5.82 Å². The third-order valence-corrected chi connectivity index (χ3v) is 3.81. The lowest BCUT2D eigenvalue weighted by Crippen LogP contribution is -1.94. The molecule has 102 valence electrons. The number of rotatable bonds is 4. The van der Waals surface area contributed by atoms with Crippen LogP contribution in [0.25, 0.3) is 11.5 Å². The second kappa shape index (κ2) is 5.68. The van der Waals surface area contributed by atoms with Gasteiger partial charge in [0.25, 0.3) is 5.22 Å². The zero-order chi connectivity index (χ0) is 13.9. The van der Waals surface area contributed by atoms with E-state index >= 15 is 0 Å². The summed E-state index contributed by atoms with van der Waals surface area (Å²) in [6.07, 6.45) is 3.67. The van der Waals surface area contributed by atoms with Crippen molar-refractivity contribution in [3.63, 3.8) is 0 Å². The van der Waals surface area contributed by atoms with Crippen molar-refractivity contribution in [1.29, 1.82) is 0 Å². The van der Waals surface area contributed by atoms with Crippen LogP contribution >= 0.6 is 23.4 Å². The van der Waals surface area contributed by atoms with Crippen LogP contribution in [0.2, 0.25) is 5.02 Å². The van der Waals surface area contributed by atoms with Crippen LogP contribution in [0.15, 0.2) is 46.3 Å². The van der Waals surface area contributed by atoms with E-state index < -0.39 is 0 Å². The molecule has 0 radical (unpaired) electrons. The van der Waals surface area contributed by atoms with Crippen molar-refractivity contribution in [2.24, 2.45) is 7.05 Å². The fourth-order valence-electron chi connectivity index (χ4n) is 1.64.